The standard InChI is InChI=1S/C9H17N5/c1-4-11-9(10)13-8-5-12-14(6-8)7(2)3/h5-7H,4H2,1-3H3,(H3,10,11,13). The van der Waals surface area contributed by atoms with Crippen molar-refractivity contribution in [2.75, 3.05) is 11.9 Å². The Hall–Kier alpha value is -1.52. The molecule has 0 atom stereocenters. The predicted molar refractivity (Wildman–Crippen MR) is 58.4 cm³/mol. The Kier molecular flexibility index (Phi) is 3.50. The third kappa shape index (κ3) is 2.76. The molecule has 0 radical (unpaired) electrons. The summed E-state index contributed by atoms with van der Waals surface area (Å²) in [6.07, 6.45) is 3.64. The van der Waals surface area contributed by atoms with Crippen LogP contribution in [0, 0.1) is 0 Å². The van der Waals surface area contributed by atoms with Crippen LogP contribution in [0.4, 0.5) is 5.69 Å². The molecular weight excluding hydrogens is 178 g/mol. The van der Waals surface area contributed by atoms with Crippen LogP contribution in [0.15, 0.2) is 17.4 Å². The molecule has 1 rings (SSSR count). The third-order valence-corrected chi connectivity index (χ3v) is 1.73. The van der Waals surface area contributed by atoms with Crippen LogP contribution in [0.25, 0.3) is 0 Å². The number of nitrogens with two attached hydrogens (primary N) is 1. The van der Waals surface area contributed by atoms with Crippen LogP contribution in [-0.2, 0) is 0 Å². The van der Waals surface area contributed by atoms with Gasteiger partial charge in [0.05, 0.1) is 11.9 Å². The normalized spacial score (nSPS) is 12.1. The fourth-order valence-corrected chi connectivity index (χ4v) is 1.04. The Bertz CT molecular complexity index is 313. The first-order chi connectivity index (χ1) is 6.63. The quantitative estimate of drug-likeness (QED) is 0.562. The lowest BCUT2D eigenvalue weighted by molar-refractivity contribution is 0.532. The summed E-state index contributed by atoms with van der Waals surface area (Å²) < 4.78 is 1.86. The van der Waals surface area contributed by atoms with E-state index in [0.29, 0.717) is 18.5 Å². The van der Waals surface area contributed by atoms with Crippen molar-refractivity contribution in [1.29, 1.82) is 0 Å². The highest BCUT2D eigenvalue weighted by Gasteiger charge is 2.01. The molecule has 5 nitrogen and oxygen atoms in total. The van der Waals surface area contributed by atoms with Crippen LogP contribution in [-0.4, -0.2) is 22.3 Å². The van der Waals surface area contributed by atoms with E-state index in [1.54, 1.807) is 6.20 Å². The van der Waals surface area contributed by atoms with Gasteiger partial charge < -0.3 is 11.1 Å². The Morgan fingerprint density at radius 2 is 2.43 bits per heavy atom. The van der Waals surface area contributed by atoms with E-state index < -0.39 is 0 Å². The number of aliphatic imine (C=N–C) groups is 1. The maximum absolute atomic E-state index is 5.60. The van der Waals surface area contributed by atoms with Gasteiger partial charge in [0.2, 0.25) is 0 Å². The highest BCUT2D eigenvalue weighted by Crippen LogP contribution is 2.09. The van der Waals surface area contributed by atoms with Crippen LogP contribution in [0.2, 0.25) is 0 Å². The summed E-state index contributed by atoms with van der Waals surface area (Å²) in [5, 5.41) is 7.13. The molecule has 14 heavy (non-hydrogen) atoms. The van der Waals surface area contributed by atoms with Gasteiger partial charge in [0.25, 0.3) is 0 Å². The number of aromatic nitrogens is 2. The van der Waals surface area contributed by atoms with Gasteiger partial charge in [0.15, 0.2) is 5.96 Å². The van der Waals surface area contributed by atoms with Gasteiger partial charge in [-0.05, 0) is 20.8 Å². The first kappa shape index (κ1) is 10.6. The van der Waals surface area contributed by atoms with Gasteiger partial charge in [0, 0.05) is 18.8 Å². The summed E-state index contributed by atoms with van der Waals surface area (Å²) in [6, 6.07) is 0.356. The average molecular weight is 195 g/mol. The second-order valence-electron chi connectivity index (χ2n) is 3.29. The number of rotatable bonds is 3. The SMILES string of the molecule is CCN=C(N)Nc1cnn(C(C)C)c1. The zero-order chi connectivity index (χ0) is 10.6. The number of hydrogen-bond acceptors (Lipinski definition) is 2. The first-order valence-electron chi connectivity index (χ1n) is 4.74. The maximum atomic E-state index is 5.60. The van der Waals surface area contributed by atoms with E-state index in [2.05, 4.69) is 29.3 Å². The molecule has 0 unspecified atom stereocenters. The lowest BCUT2D eigenvalue weighted by Gasteiger charge is -2.03. The van der Waals surface area contributed by atoms with E-state index in [9.17, 15) is 0 Å². The van der Waals surface area contributed by atoms with Gasteiger partial charge in [-0.2, -0.15) is 5.10 Å². The fourth-order valence-electron chi connectivity index (χ4n) is 1.04. The molecule has 3 N–H and O–H groups in total. The summed E-state index contributed by atoms with van der Waals surface area (Å²) in [5.41, 5.74) is 6.47. The molecule has 0 bridgehead atoms. The summed E-state index contributed by atoms with van der Waals surface area (Å²) in [5.74, 6) is 0.427. The first-order valence-corrected chi connectivity index (χ1v) is 4.74. The second-order valence-corrected chi connectivity index (χ2v) is 3.29. The van der Waals surface area contributed by atoms with Crippen molar-refractivity contribution in [3.63, 3.8) is 0 Å². The highest BCUT2D eigenvalue weighted by atomic mass is 15.3. The Morgan fingerprint density at radius 1 is 1.71 bits per heavy atom. The topological polar surface area (TPSA) is 68.2 Å². The predicted octanol–water partition coefficient (Wildman–Crippen LogP) is 1.21. The van der Waals surface area contributed by atoms with E-state index in [0.717, 1.165) is 5.69 Å². The third-order valence-electron chi connectivity index (χ3n) is 1.73. The van der Waals surface area contributed by atoms with Crippen LogP contribution < -0.4 is 11.1 Å². The molecular formula is C9H17N5. The van der Waals surface area contributed by atoms with Crippen molar-refractivity contribution < 1.29 is 0 Å². The average Bonchev–Trinajstić information content (AvgIpc) is 2.53. The number of nitrogens with zero attached hydrogens (tertiary/aromatic N) is 3. The molecule has 0 amide bonds. The van der Waals surface area contributed by atoms with Gasteiger partial charge in [-0.15, -0.1) is 0 Å². The molecule has 5 heteroatoms. The Balaban J connectivity index is 2.64. The molecule has 0 aliphatic carbocycles. The largest absolute Gasteiger partial charge is 0.370 e. The molecule has 1 aromatic rings. The molecule has 0 saturated heterocycles. The lowest BCUT2D eigenvalue weighted by Crippen LogP contribution is -2.22. The fraction of sp³-hybridized carbons (Fsp3) is 0.556. The molecule has 0 saturated carbocycles. The van der Waals surface area contributed by atoms with Crippen LogP contribution in [0.1, 0.15) is 26.8 Å². The van der Waals surface area contributed by atoms with Gasteiger partial charge in [0.1, 0.15) is 0 Å². The minimum absolute atomic E-state index is 0.356. The number of anilines is 1. The minimum atomic E-state index is 0.356. The van der Waals surface area contributed by atoms with Gasteiger partial charge in [-0.1, -0.05) is 0 Å². The van der Waals surface area contributed by atoms with Crippen molar-refractivity contribution in [2.24, 2.45) is 10.7 Å². The van der Waals surface area contributed by atoms with E-state index in [4.69, 9.17) is 5.73 Å². The zero-order valence-electron chi connectivity index (χ0n) is 8.86. The summed E-state index contributed by atoms with van der Waals surface area (Å²) in [6.45, 7) is 6.75. The van der Waals surface area contributed by atoms with E-state index >= 15 is 0 Å². The molecule has 1 heterocycles. The molecule has 0 aliphatic heterocycles. The highest BCUT2D eigenvalue weighted by molar-refractivity contribution is 5.91. The number of hydrogen-bond donors (Lipinski definition) is 2. The van der Waals surface area contributed by atoms with Crippen LogP contribution >= 0.6 is 0 Å². The summed E-state index contributed by atoms with van der Waals surface area (Å²) in [7, 11) is 0. The van der Waals surface area contributed by atoms with E-state index in [1.807, 2.05) is 17.8 Å². The van der Waals surface area contributed by atoms with Crippen molar-refractivity contribution in [3.05, 3.63) is 12.4 Å². The number of guanidine groups is 1. The van der Waals surface area contributed by atoms with E-state index in [1.165, 1.54) is 0 Å². The molecule has 0 aliphatic rings. The Morgan fingerprint density at radius 3 is 2.93 bits per heavy atom. The molecule has 0 spiro atoms. The molecule has 0 fully saturated rings. The van der Waals surface area contributed by atoms with Gasteiger partial charge in [-0.3, -0.25) is 9.67 Å². The van der Waals surface area contributed by atoms with Crippen LogP contribution in [0.5, 0.6) is 0 Å². The minimum Gasteiger partial charge on any atom is -0.370 e. The van der Waals surface area contributed by atoms with Gasteiger partial charge in [-0.25, -0.2) is 0 Å². The maximum Gasteiger partial charge on any atom is 0.193 e. The second kappa shape index (κ2) is 4.64. The molecule has 1 aromatic heterocycles. The van der Waals surface area contributed by atoms with Crippen molar-refractivity contribution >= 4 is 11.6 Å². The monoisotopic (exact) mass is 195 g/mol. The summed E-state index contributed by atoms with van der Waals surface area (Å²) >= 11 is 0. The lowest BCUT2D eigenvalue weighted by atomic mass is 10.4. The Labute approximate surface area is 84.0 Å². The van der Waals surface area contributed by atoms with Crippen molar-refractivity contribution in [3.8, 4) is 0 Å². The molecule has 78 valence electrons. The summed E-state index contributed by atoms with van der Waals surface area (Å²) in [4.78, 5) is 4.02. The van der Waals surface area contributed by atoms with Gasteiger partial charge >= 0.3 is 0 Å². The number of nitrogens with one attached hydrogen (secondary N) is 1. The van der Waals surface area contributed by atoms with Crippen LogP contribution in [0.3, 0.4) is 0 Å². The molecule has 0 aromatic carbocycles. The zero-order valence-corrected chi connectivity index (χ0v) is 8.86. The van der Waals surface area contributed by atoms with E-state index in [-0.39, 0.29) is 0 Å². The van der Waals surface area contributed by atoms with Crippen molar-refractivity contribution in [2.45, 2.75) is 26.8 Å². The smallest absolute Gasteiger partial charge is 0.193 e. The van der Waals surface area contributed by atoms with Crippen molar-refractivity contribution in [1.82, 2.24) is 9.78 Å².